The SMILES string of the molecule is CC(C)c1ccc(NC(=O)[C@H](Cc2c[nH]c3ccccc23)NC(=O)C2CCN(C(=O)CNC(=O)OC(C)(C)C)CC2)cc1. The van der Waals surface area contributed by atoms with Gasteiger partial charge in [-0.05, 0) is 68.9 Å². The number of likely N-dealkylation sites (tertiary alicyclic amines) is 1. The molecular weight excluding hydrogens is 546 g/mol. The van der Waals surface area contributed by atoms with E-state index in [-0.39, 0.29) is 30.2 Å². The smallest absolute Gasteiger partial charge is 0.408 e. The molecule has 0 saturated carbocycles. The third-order valence-corrected chi connectivity index (χ3v) is 7.58. The van der Waals surface area contributed by atoms with Gasteiger partial charge in [0, 0.05) is 48.2 Å². The zero-order chi connectivity index (χ0) is 31.1. The Morgan fingerprint density at radius 3 is 2.33 bits per heavy atom. The number of fused-ring (bicyclic) bond motifs is 1. The molecule has 1 fully saturated rings. The van der Waals surface area contributed by atoms with E-state index in [4.69, 9.17) is 4.74 Å². The normalized spacial score (nSPS) is 14.8. The molecule has 1 aromatic heterocycles. The van der Waals surface area contributed by atoms with Crippen LogP contribution in [0.15, 0.2) is 54.7 Å². The number of hydrogen-bond donors (Lipinski definition) is 4. The number of aromatic nitrogens is 1. The van der Waals surface area contributed by atoms with Gasteiger partial charge >= 0.3 is 6.09 Å². The topological polar surface area (TPSA) is 133 Å². The lowest BCUT2D eigenvalue weighted by atomic mass is 9.94. The number of amides is 4. The number of carbonyl (C=O) groups is 4. The summed E-state index contributed by atoms with van der Waals surface area (Å²) in [7, 11) is 0. The Balaban J connectivity index is 1.38. The molecule has 4 amide bonds. The van der Waals surface area contributed by atoms with E-state index < -0.39 is 17.7 Å². The van der Waals surface area contributed by atoms with Gasteiger partial charge in [-0.15, -0.1) is 0 Å². The van der Waals surface area contributed by atoms with Crippen LogP contribution < -0.4 is 16.0 Å². The number of aromatic amines is 1. The van der Waals surface area contributed by atoms with E-state index in [2.05, 4.69) is 34.8 Å². The van der Waals surface area contributed by atoms with Crippen LogP contribution in [0.25, 0.3) is 10.9 Å². The summed E-state index contributed by atoms with van der Waals surface area (Å²) < 4.78 is 5.18. The minimum absolute atomic E-state index is 0.170. The van der Waals surface area contributed by atoms with Crippen LogP contribution in [0.5, 0.6) is 0 Å². The van der Waals surface area contributed by atoms with E-state index in [1.807, 2.05) is 54.7 Å². The minimum Gasteiger partial charge on any atom is -0.444 e. The monoisotopic (exact) mass is 589 g/mol. The van der Waals surface area contributed by atoms with Gasteiger partial charge in [-0.2, -0.15) is 0 Å². The third kappa shape index (κ3) is 8.83. The summed E-state index contributed by atoms with van der Waals surface area (Å²) in [6.07, 6.45) is 2.47. The number of alkyl carbamates (subject to hydrolysis) is 1. The molecule has 2 aromatic carbocycles. The van der Waals surface area contributed by atoms with Gasteiger partial charge in [0.1, 0.15) is 18.2 Å². The average Bonchev–Trinajstić information content (AvgIpc) is 3.37. The Morgan fingerprint density at radius 2 is 1.67 bits per heavy atom. The van der Waals surface area contributed by atoms with Crippen LogP contribution in [-0.4, -0.2) is 65.0 Å². The maximum Gasteiger partial charge on any atom is 0.408 e. The minimum atomic E-state index is -0.797. The van der Waals surface area contributed by atoms with Crippen LogP contribution in [0, 0.1) is 5.92 Å². The molecule has 0 bridgehead atoms. The number of ether oxygens (including phenoxy) is 1. The Morgan fingerprint density at radius 1 is 1.00 bits per heavy atom. The quantitative estimate of drug-likeness (QED) is 0.287. The predicted octanol–water partition coefficient (Wildman–Crippen LogP) is 4.72. The van der Waals surface area contributed by atoms with Crippen LogP contribution in [0.4, 0.5) is 10.5 Å². The van der Waals surface area contributed by atoms with Gasteiger partial charge in [0.2, 0.25) is 17.7 Å². The first-order chi connectivity index (χ1) is 20.4. The second-order valence-electron chi connectivity index (χ2n) is 12.4. The van der Waals surface area contributed by atoms with Crippen LogP contribution in [0.3, 0.4) is 0 Å². The molecule has 43 heavy (non-hydrogen) atoms. The first kappa shape index (κ1) is 31.6. The van der Waals surface area contributed by atoms with Crippen molar-refractivity contribution in [2.75, 3.05) is 25.0 Å². The van der Waals surface area contributed by atoms with Crippen LogP contribution >= 0.6 is 0 Å². The number of H-pyrrole nitrogens is 1. The van der Waals surface area contributed by atoms with E-state index >= 15 is 0 Å². The number of rotatable bonds is 9. The molecule has 1 aliphatic heterocycles. The van der Waals surface area contributed by atoms with Crippen molar-refractivity contribution < 1.29 is 23.9 Å². The standard InChI is InChI=1S/C33H43N5O5/c1-21(2)22-10-12-25(13-11-22)36-31(41)28(18-24-19-34-27-9-7-6-8-26(24)27)37-30(40)23-14-16-38(17-15-23)29(39)20-35-32(42)43-33(3,4)5/h6-13,19,21,23,28,34H,14-18,20H2,1-5H3,(H,35,42)(H,36,41)(H,37,40)/t28-/m0/s1. The summed E-state index contributed by atoms with van der Waals surface area (Å²) in [6.45, 7) is 10.1. The van der Waals surface area contributed by atoms with E-state index in [9.17, 15) is 19.2 Å². The van der Waals surface area contributed by atoms with Crippen molar-refractivity contribution in [3.8, 4) is 0 Å². The highest BCUT2D eigenvalue weighted by molar-refractivity contribution is 5.98. The number of nitrogens with one attached hydrogen (secondary N) is 4. The van der Waals surface area contributed by atoms with Gasteiger partial charge in [-0.1, -0.05) is 44.2 Å². The summed E-state index contributed by atoms with van der Waals surface area (Å²) in [4.78, 5) is 56.4. The van der Waals surface area contributed by atoms with Crippen molar-refractivity contribution in [3.05, 3.63) is 65.9 Å². The fraction of sp³-hybridized carbons (Fsp3) is 0.455. The van der Waals surface area contributed by atoms with Gasteiger partial charge in [0.25, 0.3) is 0 Å². The maximum atomic E-state index is 13.5. The molecule has 1 atom stereocenters. The van der Waals surface area contributed by atoms with E-state index in [0.29, 0.717) is 44.0 Å². The summed E-state index contributed by atoms with van der Waals surface area (Å²) >= 11 is 0. The molecule has 3 aromatic rings. The second-order valence-corrected chi connectivity index (χ2v) is 12.4. The van der Waals surface area contributed by atoms with Crippen molar-refractivity contribution in [2.24, 2.45) is 5.92 Å². The molecular formula is C33H43N5O5. The molecule has 10 nitrogen and oxygen atoms in total. The number of hydrogen-bond acceptors (Lipinski definition) is 5. The van der Waals surface area contributed by atoms with E-state index in [1.54, 1.807) is 25.7 Å². The summed E-state index contributed by atoms with van der Waals surface area (Å²) in [5.74, 6) is -0.705. The summed E-state index contributed by atoms with van der Waals surface area (Å²) in [6, 6.07) is 14.8. The number of nitrogens with zero attached hydrogens (tertiary/aromatic N) is 1. The zero-order valence-corrected chi connectivity index (χ0v) is 25.7. The molecule has 230 valence electrons. The number of piperidine rings is 1. The molecule has 4 N–H and O–H groups in total. The number of benzene rings is 2. The van der Waals surface area contributed by atoms with Crippen molar-refractivity contribution in [1.29, 1.82) is 0 Å². The molecule has 1 aliphatic rings. The lowest BCUT2D eigenvalue weighted by Crippen LogP contribution is -2.50. The Bertz CT molecular complexity index is 1430. The largest absolute Gasteiger partial charge is 0.444 e. The predicted molar refractivity (Wildman–Crippen MR) is 167 cm³/mol. The lowest BCUT2D eigenvalue weighted by Gasteiger charge is -2.32. The molecule has 0 unspecified atom stereocenters. The van der Waals surface area contributed by atoms with E-state index in [0.717, 1.165) is 16.5 Å². The van der Waals surface area contributed by atoms with Gasteiger partial charge in [0.05, 0.1) is 0 Å². The highest BCUT2D eigenvalue weighted by Gasteiger charge is 2.31. The highest BCUT2D eigenvalue weighted by atomic mass is 16.6. The van der Waals surface area contributed by atoms with Gasteiger partial charge < -0.3 is 30.6 Å². The fourth-order valence-corrected chi connectivity index (χ4v) is 5.16. The van der Waals surface area contributed by atoms with Crippen LogP contribution in [0.2, 0.25) is 0 Å². The zero-order valence-electron chi connectivity index (χ0n) is 25.7. The fourth-order valence-electron chi connectivity index (χ4n) is 5.16. The van der Waals surface area contributed by atoms with Crippen molar-refractivity contribution in [3.63, 3.8) is 0 Å². The molecule has 0 radical (unpaired) electrons. The van der Waals surface area contributed by atoms with Crippen molar-refractivity contribution in [2.45, 2.75) is 71.4 Å². The first-order valence-corrected chi connectivity index (χ1v) is 14.9. The highest BCUT2D eigenvalue weighted by Crippen LogP contribution is 2.22. The Hall–Kier alpha value is -4.34. The molecule has 4 rings (SSSR count). The number of anilines is 1. The molecule has 1 saturated heterocycles. The maximum absolute atomic E-state index is 13.5. The van der Waals surface area contributed by atoms with Gasteiger partial charge in [-0.25, -0.2) is 4.79 Å². The van der Waals surface area contributed by atoms with Crippen molar-refractivity contribution in [1.82, 2.24) is 20.5 Å². The second kappa shape index (κ2) is 13.8. The molecule has 10 heteroatoms. The summed E-state index contributed by atoms with van der Waals surface area (Å²) in [5.41, 5.74) is 3.08. The number of para-hydroxylation sites is 1. The van der Waals surface area contributed by atoms with Crippen LogP contribution in [0.1, 0.15) is 64.5 Å². The first-order valence-electron chi connectivity index (χ1n) is 14.9. The Kier molecular flexibility index (Phi) is 10.1. The summed E-state index contributed by atoms with van der Waals surface area (Å²) in [5, 5.41) is 9.47. The molecule has 0 spiro atoms. The molecule has 2 heterocycles. The lowest BCUT2D eigenvalue weighted by molar-refractivity contribution is -0.135. The Labute approximate surface area is 252 Å². The van der Waals surface area contributed by atoms with Crippen molar-refractivity contribution >= 4 is 40.4 Å². The third-order valence-electron chi connectivity index (χ3n) is 7.58. The van der Waals surface area contributed by atoms with Gasteiger partial charge in [0.15, 0.2) is 0 Å². The van der Waals surface area contributed by atoms with Crippen LogP contribution in [-0.2, 0) is 25.5 Å². The number of carbonyl (C=O) groups excluding carboxylic acids is 4. The molecule has 0 aliphatic carbocycles. The van der Waals surface area contributed by atoms with Gasteiger partial charge in [-0.3, -0.25) is 14.4 Å². The van der Waals surface area contributed by atoms with E-state index in [1.165, 1.54) is 5.56 Å². The average molecular weight is 590 g/mol.